The van der Waals surface area contributed by atoms with Gasteiger partial charge in [0.05, 0.1) is 12.8 Å². The van der Waals surface area contributed by atoms with E-state index in [0.717, 1.165) is 0 Å². The van der Waals surface area contributed by atoms with Gasteiger partial charge in [0.25, 0.3) is 5.76 Å². The Morgan fingerprint density at radius 1 is 1.50 bits per heavy atom. The van der Waals surface area contributed by atoms with E-state index in [-0.39, 0.29) is 17.6 Å². The molecule has 0 aromatic carbocycles. The molecule has 1 atom stereocenters. The molecule has 2 aromatic heterocycles. The fourth-order valence-corrected chi connectivity index (χ4v) is 2.01. The number of likely N-dealkylation sites (N-methyl/N-ethyl adjacent to an activating group) is 1. The van der Waals surface area contributed by atoms with Crippen molar-refractivity contribution in [2.45, 2.75) is 6.10 Å². The van der Waals surface area contributed by atoms with E-state index in [1.807, 2.05) is 11.9 Å². The average molecular weight is 249 g/mol. The van der Waals surface area contributed by atoms with Crippen molar-refractivity contribution in [3.05, 3.63) is 36.2 Å². The van der Waals surface area contributed by atoms with Crippen LogP contribution in [0.5, 0.6) is 5.75 Å². The van der Waals surface area contributed by atoms with Crippen molar-refractivity contribution in [1.29, 1.82) is 0 Å². The number of carbonyl (C=O) groups is 1. The molecular formula is C12H11NO5. The number of fused-ring (bicyclic) bond motifs is 1. The zero-order chi connectivity index (χ0) is 12.7. The van der Waals surface area contributed by atoms with Gasteiger partial charge in [0.2, 0.25) is 0 Å². The van der Waals surface area contributed by atoms with E-state index in [1.165, 1.54) is 6.26 Å². The highest BCUT2D eigenvalue weighted by molar-refractivity contribution is 5.90. The van der Waals surface area contributed by atoms with Crippen LogP contribution in [0.25, 0.3) is 0 Å². The maximum atomic E-state index is 11.0. The summed E-state index contributed by atoms with van der Waals surface area (Å²) in [7, 11) is 1.85. The van der Waals surface area contributed by atoms with Crippen LogP contribution in [0.15, 0.2) is 33.5 Å². The normalized spacial score (nSPS) is 18.3. The molecule has 2 aromatic rings. The topological polar surface area (TPSA) is 76.0 Å². The predicted octanol–water partition coefficient (Wildman–Crippen LogP) is 2.14. The molecule has 0 radical (unpaired) electrons. The first-order chi connectivity index (χ1) is 8.66. The average Bonchev–Trinajstić information content (AvgIpc) is 2.97. The molecular weight excluding hydrogens is 238 g/mol. The second-order valence-corrected chi connectivity index (χ2v) is 4.09. The van der Waals surface area contributed by atoms with Crippen LogP contribution in [0, 0.1) is 0 Å². The van der Waals surface area contributed by atoms with Gasteiger partial charge < -0.3 is 23.6 Å². The smallest absolute Gasteiger partial charge is 0.375 e. The van der Waals surface area contributed by atoms with Crippen LogP contribution >= 0.6 is 0 Å². The molecule has 1 N–H and O–H groups in total. The molecule has 0 saturated carbocycles. The van der Waals surface area contributed by atoms with Crippen molar-refractivity contribution >= 4 is 11.7 Å². The lowest BCUT2D eigenvalue weighted by atomic mass is 10.2. The molecule has 0 amide bonds. The first-order valence-electron chi connectivity index (χ1n) is 5.43. The molecule has 6 heteroatoms. The van der Waals surface area contributed by atoms with Crippen molar-refractivity contribution in [1.82, 2.24) is 0 Å². The molecule has 0 fully saturated rings. The van der Waals surface area contributed by atoms with Crippen molar-refractivity contribution in [3.63, 3.8) is 0 Å². The molecule has 1 aliphatic heterocycles. The van der Waals surface area contributed by atoms with E-state index in [0.29, 0.717) is 18.0 Å². The minimum Gasteiger partial charge on any atom is -0.475 e. The van der Waals surface area contributed by atoms with Gasteiger partial charge in [-0.1, -0.05) is 0 Å². The zero-order valence-electron chi connectivity index (χ0n) is 9.62. The molecule has 3 heterocycles. The SMILES string of the molecule is CN1CC(c2ccco2)Oc2c1coc2C(=O)O. The number of rotatable bonds is 2. The number of hydrogen-bond donors (Lipinski definition) is 1. The van der Waals surface area contributed by atoms with E-state index in [2.05, 4.69) is 0 Å². The zero-order valence-corrected chi connectivity index (χ0v) is 9.62. The van der Waals surface area contributed by atoms with Gasteiger partial charge in [-0.25, -0.2) is 4.79 Å². The second kappa shape index (κ2) is 3.83. The van der Waals surface area contributed by atoms with Crippen LogP contribution < -0.4 is 9.64 Å². The number of nitrogens with zero attached hydrogens (tertiary/aromatic N) is 1. The Morgan fingerprint density at radius 2 is 2.33 bits per heavy atom. The minimum atomic E-state index is -1.15. The number of furan rings is 2. The van der Waals surface area contributed by atoms with E-state index in [9.17, 15) is 4.79 Å². The van der Waals surface area contributed by atoms with Crippen LogP contribution in [0.3, 0.4) is 0 Å². The Hall–Kier alpha value is -2.37. The standard InChI is InChI=1S/C12H11NO5/c1-13-5-9(8-3-2-4-16-8)18-10-7(13)6-17-11(10)12(14)15/h2-4,6,9H,5H2,1H3,(H,14,15). The lowest BCUT2D eigenvalue weighted by Crippen LogP contribution is -2.31. The maximum absolute atomic E-state index is 11.0. The lowest BCUT2D eigenvalue weighted by Gasteiger charge is -2.30. The lowest BCUT2D eigenvalue weighted by molar-refractivity contribution is 0.0649. The third-order valence-electron chi connectivity index (χ3n) is 2.89. The number of hydrogen-bond acceptors (Lipinski definition) is 5. The van der Waals surface area contributed by atoms with Crippen LogP contribution in [0.4, 0.5) is 5.69 Å². The van der Waals surface area contributed by atoms with Crippen LogP contribution in [-0.2, 0) is 0 Å². The largest absolute Gasteiger partial charge is 0.475 e. The summed E-state index contributed by atoms with van der Waals surface area (Å²) in [4.78, 5) is 12.9. The first kappa shape index (κ1) is 10.8. The van der Waals surface area contributed by atoms with E-state index >= 15 is 0 Å². The molecule has 94 valence electrons. The van der Waals surface area contributed by atoms with Crippen LogP contribution in [0.1, 0.15) is 22.4 Å². The number of carboxylic acids is 1. The maximum Gasteiger partial charge on any atom is 0.375 e. The molecule has 3 rings (SSSR count). The third kappa shape index (κ3) is 1.54. The molecule has 1 unspecified atom stereocenters. The quantitative estimate of drug-likeness (QED) is 0.878. The highest BCUT2D eigenvalue weighted by Crippen LogP contribution is 2.41. The summed E-state index contributed by atoms with van der Waals surface area (Å²) < 4.78 is 16.0. The summed E-state index contributed by atoms with van der Waals surface area (Å²) in [6.45, 7) is 0.569. The Kier molecular flexibility index (Phi) is 2.29. The summed E-state index contributed by atoms with van der Waals surface area (Å²) in [6, 6.07) is 3.56. The third-order valence-corrected chi connectivity index (χ3v) is 2.89. The fourth-order valence-electron chi connectivity index (χ4n) is 2.01. The fraction of sp³-hybridized carbons (Fsp3) is 0.250. The highest BCUT2D eigenvalue weighted by atomic mass is 16.5. The Morgan fingerprint density at radius 3 is 3.00 bits per heavy atom. The van der Waals surface area contributed by atoms with Gasteiger partial charge in [0, 0.05) is 7.05 Å². The van der Waals surface area contributed by atoms with Gasteiger partial charge in [0.15, 0.2) is 11.9 Å². The molecule has 0 spiro atoms. The monoisotopic (exact) mass is 249 g/mol. The van der Waals surface area contributed by atoms with Crippen molar-refractivity contribution < 1.29 is 23.5 Å². The van der Waals surface area contributed by atoms with Gasteiger partial charge in [-0.3, -0.25) is 0 Å². The molecule has 18 heavy (non-hydrogen) atoms. The molecule has 0 saturated heterocycles. The molecule has 0 aliphatic carbocycles. The van der Waals surface area contributed by atoms with Gasteiger partial charge in [-0.2, -0.15) is 0 Å². The Balaban J connectivity index is 1.99. The van der Waals surface area contributed by atoms with Crippen molar-refractivity contribution in [2.75, 3.05) is 18.5 Å². The van der Waals surface area contributed by atoms with Gasteiger partial charge >= 0.3 is 5.97 Å². The van der Waals surface area contributed by atoms with Crippen molar-refractivity contribution in [2.24, 2.45) is 0 Å². The van der Waals surface area contributed by atoms with Crippen LogP contribution in [-0.4, -0.2) is 24.7 Å². The van der Waals surface area contributed by atoms with Crippen LogP contribution in [0.2, 0.25) is 0 Å². The Bertz CT molecular complexity index is 571. The summed E-state index contributed by atoms with van der Waals surface area (Å²) in [5, 5.41) is 9.02. The molecule has 1 aliphatic rings. The molecule has 6 nitrogen and oxygen atoms in total. The van der Waals surface area contributed by atoms with Gasteiger partial charge in [0.1, 0.15) is 17.7 Å². The van der Waals surface area contributed by atoms with E-state index in [4.69, 9.17) is 18.7 Å². The van der Waals surface area contributed by atoms with E-state index in [1.54, 1.807) is 18.4 Å². The number of anilines is 1. The predicted molar refractivity (Wildman–Crippen MR) is 61.0 cm³/mol. The number of aromatic carboxylic acids is 1. The van der Waals surface area contributed by atoms with Crippen molar-refractivity contribution in [3.8, 4) is 5.75 Å². The summed E-state index contributed by atoms with van der Waals surface area (Å²) in [6.07, 6.45) is 2.60. The first-order valence-corrected chi connectivity index (χ1v) is 5.43. The van der Waals surface area contributed by atoms with Gasteiger partial charge in [-0.15, -0.1) is 0 Å². The number of carboxylic acid groups (broad SMARTS) is 1. The number of ether oxygens (including phenoxy) is 1. The molecule has 0 bridgehead atoms. The highest BCUT2D eigenvalue weighted by Gasteiger charge is 2.33. The summed E-state index contributed by atoms with van der Waals surface area (Å²) in [5.74, 6) is -0.430. The summed E-state index contributed by atoms with van der Waals surface area (Å²) in [5.41, 5.74) is 0.634. The summed E-state index contributed by atoms with van der Waals surface area (Å²) >= 11 is 0. The van der Waals surface area contributed by atoms with E-state index < -0.39 is 5.97 Å². The Labute approximate surface area is 102 Å². The van der Waals surface area contributed by atoms with Gasteiger partial charge in [-0.05, 0) is 12.1 Å². The second-order valence-electron chi connectivity index (χ2n) is 4.09. The minimum absolute atomic E-state index is 0.187.